The molecule has 0 amide bonds. The Labute approximate surface area is 77.6 Å². The molecular formula is C9H16F2N2. The largest absolute Gasteiger partial charge is 0.311 e. The maximum absolute atomic E-state index is 13.1. The first-order valence-electron chi connectivity index (χ1n) is 4.51. The first-order valence-corrected chi connectivity index (χ1v) is 4.51. The molecule has 4 heteroatoms. The third kappa shape index (κ3) is 3.40. The highest BCUT2D eigenvalue weighted by Crippen LogP contribution is 2.20. The Morgan fingerprint density at radius 1 is 1.54 bits per heavy atom. The Balaban J connectivity index is 2.21. The summed E-state index contributed by atoms with van der Waals surface area (Å²) in [6.07, 6.45) is 0. The molecular weight excluding hydrogens is 174 g/mol. The highest BCUT2D eigenvalue weighted by Gasteiger charge is 2.33. The number of hydrogen-bond donors (Lipinski definition) is 1. The predicted octanol–water partition coefficient (Wildman–Crippen LogP) is 1.10. The van der Waals surface area contributed by atoms with E-state index in [2.05, 4.69) is 11.9 Å². The molecule has 1 N–H and O–H groups in total. The summed E-state index contributed by atoms with van der Waals surface area (Å²) in [6, 6.07) is 0. The smallest absolute Gasteiger partial charge is 0.272 e. The van der Waals surface area contributed by atoms with Gasteiger partial charge in [0.1, 0.15) is 0 Å². The van der Waals surface area contributed by atoms with Crippen LogP contribution in [-0.2, 0) is 0 Å². The van der Waals surface area contributed by atoms with Crippen molar-refractivity contribution in [3.05, 3.63) is 12.2 Å². The number of nitrogens with one attached hydrogen (secondary N) is 1. The zero-order chi connectivity index (χ0) is 9.90. The second-order valence-corrected chi connectivity index (χ2v) is 3.53. The van der Waals surface area contributed by atoms with Crippen LogP contribution in [0.25, 0.3) is 0 Å². The molecule has 1 saturated heterocycles. The minimum absolute atomic E-state index is 0.154. The van der Waals surface area contributed by atoms with Crippen molar-refractivity contribution in [2.24, 2.45) is 0 Å². The highest BCUT2D eigenvalue weighted by molar-refractivity contribution is 5.10. The molecule has 1 heterocycles. The van der Waals surface area contributed by atoms with Crippen LogP contribution in [0.2, 0.25) is 0 Å². The number of halogens is 2. The molecule has 1 rings (SSSR count). The van der Waals surface area contributed by atoms with E-state index in [1.165, 1.54) is 0 Å². The second-order valence-electron chi connectivity index (χ2n) is 3.53. The average molecular weight is 190 g/mol. The lowest BCUT2D eigenvalue weighted by Crippen LogP contribution is -2.49. The SMILES string of the molecule is C=C1CN(CC(F)(F)CNCC)C1. The summed E-state index contributed by atoms with van der Waals surface area (Å²) in [6.45, 7) is 6.98. The monoisotopic (exact) mass is 190 g/mol. The molecule has 0 aliphatic carbocycles. The summed E-state index contributed by atoms with van der Waals surface area (Å²) in [5.41, 5.74) is 1.04. The number of alkyl halides is 2. The zero-order valence-corrected chi connectivity index (χ0v) is 7.95. The van der Waals surface area contributed by atoms with Crippen molar-refractivity contribution in [3.8, 4) is 0 Å². The molecule has 1 aliphatic heterocycles. The third-order valence-corrected chi connectivity index (χ3v) is 1.98. The van der Waals surface area contributed by atoms with Crippen molar-refractivity contribution in [1.29, 1.82) is 0 Å². The van der Waals surface area contributed by atoms with E-state index in [1.54, 1.807) is 4.90 Å². The first kappa shape index (κ1) is 10.6. The molecule has 2 nitrogen and oxygen atoms in total. The lowest BCUT2D eigenvalue weighted by atomic mass is 10.1. The molecule has 76 valence electrons. The van der Waals surface area contributed by atoms with Crippen molar-refractivity contribution < 1.29 is 8.78 Å². The summed E-state index contributed by atoms with van der Waals surface area (Å²) < 4.78 is 26.2. The summed E-state index contributed by atoms with van der Waals surface area (Å²) in [5, 5.41) is 2.65. The van der Waals surface area contributed by atoms with Gasteiger partial charge in [0.25, 0.3) is 5.92 Å². The number of likely N-dealkylation sites (tertiary alicyclic amines) is 1. The topological polar surface area (TPSA) is 15.3 Å². The number of rotatable bonds is 5. The van der Waals surface area contributed by atoms with Crippen molar-refractivity contribution in [3.63, 3.8) is 0 Å². The van der Waals surface area contributed by atoms with Gasteiger partial charge in [-0.05, 0) is 12.1 Å². The maximum Gasteiger partial charge on any atom is 0.272 e. The van der Waals surface area contributed by atoms with E-state index in [9.17, 15) is 8.78 Å². The van der Waals surface area contributed by atoms with Crippen LogP contribution in [0.5, 0.6) is 0 Å². The van der Waals surface area contributed by atoms with E-state index in [0.717, 1.165) is 5.57 Å². The summed E-state index contributed by atoms with van der Waals surface area (Å²) in [7, 11) is 0. The Kier molecular flexibility index (Phi) is 3.39. The first-order chi connectivity index (χ1) is 6.03. The van der Waals surface area contributed by atoms with Crippen LogP contribution < -0.4 is 5.32 Å². The minimum Gasteiger partial charge on any atom is -0.311 e. The molecule has 0 spiro atoms. The van der Waals surface area contributed by atoms with E-state index in [-0.39, 0.29) is 13.1 Å². The van der Waals surface area contributed by atoms with Gasteiger partial charge in [-0.25, -0.2) is 8.78 Å². The molecule has 13 heavy (non-hydrogen) atoms. The van der Waals surface area contributed by atoms with Gasteiger partial charge in [-0.3, -0.25) is 4.90 Å². The van der Waals surface area contributed by atoms with Gasteiger partial charge >= 0.3 is 0 Å². The van der Waals surface area contributed by atoms with Gasteiger partial charge in [-0.1, -0.05) is 13.5 Å². The van der Waals surface area contributed by atoms with Crippen LogP contribution in [0.4, 0.5) is 8.78 Å². The second kappa shape index (κ2) is 4.15. The van der Waals surface area contributed by atoms with E-state index in [0.29, 0.717) is 19.6 Å². The number of nitrogens with zero attached hydrogens (tertiary/aromatic N) is 1. The van der Waals surface area contributed by atoms with Gasteiger partial charge in [-0.2, -0.15) is 0 Å². The average Bonchev–Trinajstić information content (AvgIpc) is 1.98. The maximum atomic E-state index is 13.1. The highest BCUT2D eigenvalue weighted by atomic mass is 19.3. The predicted molar refractivity (Wildman–Crippen MR) is 49.1 cm³/mol. The van der Waals surface area contributed by atoms with Gasteiger partial charge in [0.2, 0.25) is 0 Å². The van der Waals surface area contributed by atoms with E-state index < -0.39 is 5.92 Å². The van der Waals surface area contributed by atoms with Crippen molar-refractivity contribution in [1.82, 2.24) is 10.2 Å². The molecule has 0 aromatic carbocycles. The summed E-state index contributed by atoms with van der Waals surface area (Å²) in [4.78, 5) is 1.71. The minimum atomic E-state index is -2.61. The Hall–Kier alpha value is -0.480. The molecule has 0 aromatic heterocycles. The molecule has 0 atom stereocenters. The van der Waals surface area contributed by atoms with Crippen LogP contribution in [0.15, 0.2) is 12.2 Å². The fourth-order valence-corrected chi connectivity index (χ4v) is 1.39. The van der Waals surface area contributed by atoms with Gasteiger partial charge in [-0.15, -0.1) is 0 Å². The van der Waals surface area contributed by atoms with Crippen LogP contribution >= 0.6 is 0 Å². The molecule has 0 unspecified atom stereocenters. The molecule has 0 aromatic rings. The van der Waals surface area contributed by atoms with Gasteiger partial charge < -0.3 is 5.32 Å². The van der Waals surface area contributed by atoms with Crippen molar-refractivity contribution in [2.45, 2.75) is 12.8 Å². The van der Waals surface area contributed by atoms with Gasteiger partial charge in [0.05, 0.1) is 13.1 Å². The quantitative estimate of drug-likeness (QED) is 0.653. The summed E-state index contributed by atoms with van der Waals surface area (Å²) >= 11 is 0. The fraction of sp³-hybridized carbons (Fsp3) is 0.778. The molecule has 1 fully saturated rings. The molecule has 1 aliphatic rings. The molecule has 0 radical (unpaired) electrons. The van der Waals surface area contributed by atoms with E-state index in [4.69, 9.17) is 0 Å². The zero-order valence-electron chi connectivity index (χ0n) is 7.95. The van der Waals surface area contributed by atoms with E-state index >= 15 is 0 Å². The van der Waals surface area contributed by atoms with Crippen LogP contribution in [0, 0.1) is 0 Å². The van der Waals surface area contributed by atoms with Crippen molar-refractivity contribution in [2.75, 3.05) is 32.7 Å². The third-order valence-electron chi connectivity index (χ3n) is 1.98. The van der Waals surface area contributed by atoms with E-state index in [1.807, 2.05) is 6.92 Å². The number of hydrogen-bond acceptors (Lipinski definition) is 2. The van der Waals surface area contributed by atoms with Crippen LogP contribution in [0.3, 0.4) is 0 Å². The van der Waals surface area contributed by atoms with Crippen molar-refractivity contribution >= 4 is 0 Å². The lowest BCUT2D eigenvalue weighted by molar-refractivity contribution is -0.0343. The Morgan fingerprint density at radius 3 is 2.62 bits per heavy atom. The van der Waals surface area contributed by atoms with Crippen LogP contribution in [-0.4, -0.2) is 43.5 Å². The standard InChI is InChI=1S/C9H16F2N2/c1-3-12-6-9(10,11)7-13-4-8(2)5-13/h12H,2-7H2,1H3. The van der Waals surface area contributed by atoms with Crippen LogP contribution in [0.1, 0.15) is 6.92 Å². The Bertz CT molecular complexity index is 184. The van der Waals surface area contributed by atoms with Gasteiger partial charge in [0.15, 0.2) is 0 Å². The summed E-state index contributed by atoms with van der Waals surface area (Å²) in [5.74, 6) is -2.61. The molecule has 0 saturated carbocycles. The fourth-order valence-electron chi connectivity index (χ4n) is 1.39. The lowest BCUT2D eigenvalue weighted by Gasteiger charge is -2.35. The Morgan fingerprint density at radius 2 is 2.15 bits per heavy atom. The van der Waals surface area contributed by atoms with Gasteiger partial charge in [0, 0.05) is 13.1 Å². The molecule has 0 bridgehead atoms. The normalized spacial score (nSPS) is 18.8.